The zero-order valence-electron chi connectivity index (χ0n) is 12.1. The molecule has 1 atom stereocenters. The van der Waals surface area contributed by atoms with Crippen molar-refractivity contribution in [3.63, 3.8) is 0 Å². The van der Waals surface area contributed by atoms with E-state index in [0.717, 1.165) is 13.0 Å². The molecule has 0 spiro atoms. The van der Waals surface area contributed by atoms with Crippen LogP contribution in [-0.4, -0.2) is 0 Å². The monoisotopic (exact) mass is 253 g/mol. The molecular weight excluding hydrogens is 230 g/mol. The maximum Gasteiger partial charge on any atom is 0.0294 e. The first-order chi connectivity index (χ1) is 9.20. The molecule has 2 aromatic rings. The van der Waals surface area contributed by atoms with Gasteiger partial charge in [0, 0.05) is 12.6 Å². The topological polar surface area (TPSA) is 12.0 Å². The van der Waals surface area contributed by atoms with Gasteiger partial charge in [-0.3, -0.25) is 0 Å². The van der Waals surface area contributed by atoms with Crippen LogP contribution < -0.4 is 5.32 Å². The zero-order chi connectivity index (χ0) is 13.7. The highest BCUT2D eigenvalue weighted by molar-refractivity contribution is 5.27. The van der Waals surface area contributed by atoms with E-state index in [1.54, 1.807) is 0 Å². The van der Waals surface area contributed by atoms with Crippen LogP contribution in [0.5, 0.6) is 0 Å². The number of hydrogen-bond acceptors (Lipinski definition) is 1. The van der Waals surface area contributed by atoms with Crippen LogP contribution in [0.25, 0.3) is 0 Å². The van der Waals surface area contributed by atoms with Crippen molar-refractivity contribution in [2.75, 3.05) is 0 Å². The first kappa shape index (κ1) is 13.8. The second kappa shape index (κ2) is 6.53. The maximum atomic E-state index is 3.59. The molecule has 1 N–H and O–H groups in total. The molecule has 100 valence electrons. The van der Waals surface area contributed by atoms with Gasteiger partial charge in [-0.1, -0.05) is 55.5 Å². The van der Waals surface area contributed by atoms with Gasteiger partial charge < -0.3 is 5.32 Å². The average Bonchev–Trinajstić information content (AvgIpc) is 2.46. The number of nitrogens with one attached hydrogen (secondary N) is 1. The van der Waals surface area contributed by atoms with Gasteiger partial charge in [0.1, 0.15) is 0 Å². The highest BCUT2D eigenvalue weighted by atomic mass is 14.9. The van der Waals surface area contributed by atoms with Crippen LogP contribution >= 0.6 is 0 Å². The van der Waals surface area contributed by atoms with Crippen LogP contribution in [0.3, 0.4) is 0 Å². The fraction of sp³-hybridized carbons (Fsp3) is 0.333. The summed E-state index contributed by atoms with van der Waals surface area (Å²) in [7, 11) is 0. The molecular formula is C18H23N. The zero-order valence-corrected chi connectivity index (χ0v) is 12.1. The molecule has 0 saturated heterocycles. The third kappa shape index (κ3) is 3.68. The molecule has 0 aliphatic carbocycles. The first-order valence-corrected chi connectivity index (χ1v) is 7.07. The van der Waals surface area contributed by atoms with Crippen molar-refractivity contribution in [2.24, 2.45) is 0 Å². The molecule has 1 nitrogen and oxygen atoms in total. The Hall–Kier alpha value is -1.60. The van der Waals surface area contributed by atoms with Crippen molar-refractivity contribution in [3.8, 4) is 0 Å². The van der Waals surface area contributed by atoms with Crippen molar-refractivity contribution in [1.82, 2.24) is 5.32 Å². The minimum atomic E-state index is 0.380. The van der Waals surface area contributed by atoms with Crippen LogP contribution in [0.4, 0.5) is 0 Å². The summed E-state index contributed by atoms with van der Waals surface area (Å²) < 4.78 is 0. The molecule has 1 heteroatoms. The summed E-state index contributed by atoms with van der Waals surface area (Å²) in [6.45, 7) is 7.50. The van der Waals surface area contributed by atoms with Crippen LogP contribution in [0, 0.1) is 6.92 Å². The molecule has 2 aromatic carbocycles. The van der Waals surface area contributed by atoms with Crippen LogP contribution in [0.1, 0.15) is 42.1 Å². The molecule has 2 rings (SSSR count). The van der Waals surface area contributed by atoms with E-state index >= 15 is 0 Å². The molecule has 0 fully saturated rings. The lowest BCUT2D eigenvalue weighted by atomic mass is 10.0. The summed E-state index contributed by atoms with van der Waals surface area (Å²) in [5.41, 5.74) is 5.48. The Labute approximate surface area is 116 Å². The van der Waals surface area contributed by atoms with E-state index < -0.39 is 0 Å². The van der Waals surface area contributed by atoms with E-state index in [0.29, 0.717) is 6.04 Å². The van der Waals surface area contributed by atoms with Crippen LogP contribution in [0.15, 0.2) is 48.5 Å². The molecule has 0 radical (unpaired) electrons. The predicted octanol–water partition coefficient (Wildman–Crippen LogP) is 4.41. The maximum absolute atomic E-state index is 3.59. The quantitative estimate of drug-likeness (QED) is 0.832. The summed E-state index contributed by atoms with van der Waals surface area (Å²) in [4.78, 5) is 0. The second-order valence-corrected chi connectivity index (χ2v) is 5.12. The summed E-state index contributed by atoms with van der Waals surface area (Å²) in [5, 5.41) is 3.59. The second-order valence-electron chi connectivity index (χ2n) is 5.12. The Kier molecular flexibility index (Phi) is 4.75. The Morgan fingerprint density at radius 2 is 1.68 bits per heavy atom. The summed E-state index contributed by atoms with van der Waals surface area (Å²) in [6.07, 6.45) is 1.10. The van der Waals surface area contributed by atoms with Gasteiger partial charge in [0.25, 0.3) is 0 Å². The lowest BCUT2D eigenvalue weighted by Crippen LogP contribution is -2.18. The molecule has 0 heterocycles. The van der Waals surface area contributed by atoms with E-state index in [1.807, 2.05) is 0 Å². The van der Waals surface area contributed by atoms with Gasteiger partial charge in [0.2, 0.25) is 0 Å². The molecule has 0 saturated carbocycles. The standard InChI is InChI=1S/C18H23N/c1-4-16-9-11-17(12-10-16)15(3)19-13-18-8-6-5-7-14(18)2/h5-12,15,19H,4,13H2,1-3H3. The summed E-state index contributed by atoms with van der Waals surface area (Å²) in [6, 6.07) is 17.8. The van der Waals surface area contributed by atoms with Gasteiger partial charge in [-0.05, 0) is 42.5 Å². The van der Waals surface area contributed by atoms with Crippen molar-refractivity contribution >= 4 is 0 Å². The fourth-order valence-corrected chi connectivity index (χ4v) is 2.23. The highest BCUT2D eigenvalue weighted by Crippen LogP contribution is 2.15. The first-order valence-electron chi connectivity index (χ1n) is 7.07. The van der Waals surface area contributed by atoms with Crippen LogP contribution in [-0.2, 0) is 13.0 Å². The Morgan fingerprint density at radius 3 is 2.32 bits per heavy atom. The average molecular weight is 253 g/mol. The summed E-state index contributed by atoms with van der Waals surface area (Å²) >= 11 is 0. The van der Waals surface area contributed by atoms with Crippen molar-refractivity contribution in [2.45, 2.75) is 39.8 Å². The minimum Gasteiger partial charge on any atom is -0.306 e. The highest BCUT2D eigenvalue weighted by Gasteiger charge is 2.05. The van der Waals surface area contributed by atoms with Crippen LogP contribution in [0.2, 0.25) is 0 Å². The number of benzene rings is 2. The van der Waals surface area contributed by atoms with E-state index in [2.05, 4.69) is 74.6 Å². The molecule has 0 bridgehead atoms. The Morgan fingerprint density at radius 1 is 1.00 bits per heavy atom. The third-order valence-electron chi connectivity index (χ3n) is 3.75. The number of aryl methyl sites for hydroxylation is 2. The lowest BCUT2D eigenvalue weighted by molar-refractivity contribution is 0.573. The minimum absolute atomic E-state index is 0.380. The van der Waals surface area contributed by atoms with Gasteiger partial charge in [-0.2, -0.15) is 0 Å². The van der Waals surface area contributed by atoms with Gasteiger partial charge in [0.15, 0.2) is 0 Å². The fourth-order valence-electron chi connectivity index (χ4n) is 2.23. The third-order valence-corrected chi connectivity index (χ3v) is 3.75. The largest absolute Gasteiger partial charge is 0.306 e. The van der Waals surface area contributed by atoms with E-state index in [9.17, 15) is 0 Å². The molecule has 0 aliphatic heterocycles. The SMILES string of the molecule is CCc1ccc(C(C)NCc2ccccc2C)cc1. The molecule has 0 aromatic heterocycles. The Bertz CT molecular complexity index is 513. The van der Waals surface area contributed by atoms with E-state index in [4.69, 9.17) is 0 Å². The molecule has 0 aliphatic rings. The van der Waals surface area contributed by atoms with Crippen molar-refractivity contribution in [3.05, 3.63) is 70.8 Å². The van der Waals surface area contributed by atoms with Crippen molar-refractivity contribution in [1.29, 1.82) is 0 Å². The molecule has 0 amide bonds. The van der Waals surface area contributed by atoms with E-state index in [1.165, 1.54) is 22.3 Å². The van der Waals surface area contributed by atoms with Crippen molar-refractivity contribution < 1.29 is 0 Å². The van der Waals surface area contributed by atoms with Gasteiger partial charge >= 0.3 is 0 Å². The smallest absolute Gasteiger partial charge is 0.0294 e. The molecule has 19 heavy (non-hydrogen) atoms. The molecule has 1 unspecified atom stereocenters. The van der Waals surface area contributed by atoms with Gasteiger partial charge in [-0.25, -0.2) is 0 Å². The van der Waals surface area contributed by atoms with Gasteiger partial charge in [-0.15, -0.1) is 0 Å². The lowest BCUT2D eigenvalue weighted by Gasteiger charge is -2.15. The number of rotatable bonds is 5. The summed E-state index contributed by atoms with van der Waals surface area (Å²) in [5.74, 6) is 0. The Balaban J connectivity index is 1.97. The van der Waals surface area contributed by atoms with Gasteiger partial charge in [0.05, 0.1) is 0 Å². The number of hydrogen-bond donors (Lipinski definition) is 1. The normalized spacial score (nSPS) is 12.4. The predicted molar refractivity (Wildman–Crippen MR) is 82.3 cm³/mol. The van der Waals surface area contributed by atoms with E-state index in [-0.39, 0.29) is 0 Å².